The number of carbonyl (C=O) groups is 1. The Kier molecular flexibility index (Phi) is 5.96. The van der Waals surface area contributed by atoms with E-state index in [-0.39, 0.29) is 11.3 Å². The predicted molar refractivity (Wildman–Crippen MR) is 72.0 cm³/mol. The number of carbonyl (C=O) groups excluding carboxylic acids is 1. The molecule has 1 aliphatic rings. The second-order valence-electron chi connectivity index (χ2n) is 5.47. The van der Waals surface area contributed by atoms with Crippen molar-refractivity contribution >= 4 is 5.91 Å². The zero-order valence-electron chi connectivity index (χ0n) is 11.6. The molecule has 0 spiro atoms. The van der Waals surface area contributed by atoms with E-state index < -0.39 is 0 Å². The molecule has 0 bridgehead atoms. The molecular formula is C14H28N2O. The van der Waals surface area contributed by atoms with Crippen LogP contribution in [0.15, 0.2) is 0 Å². The first-order chi connectivity index (χ1) is 8.14. The van der Waals surface area contributed by atoms with Crippen LogP contribution in [0.5, 0.6) is 0 Å². The van der Waals surface area contributed by atoms with E-state index in [2.05, 4.69) is 31.4 Å². The summed E-state index contributed by atoms with van der Waals surface area (Å²) >= 11 is 0. The van der Waals surface area contributed by atoms with Crippen LogP contribution < -0.4 is 10.6 Å². The lowest BCUT2D eigenvalue weighted by Crippen LogP contribution is -2.45. The molecule has 1 saturated heterocycles. The van der Waals surface area contributed by atoms with E-state index in [1.54, 1.807) is 0 Å². The maximum absolute atomic E-state index is 12.4. The summed E-state index contributed by atoms with van der Waals surface area (Å²) in [5.74, 6) is 0.271. The Balaban J connectivity index is 2.48. The number of rotatable bonds is 7. The first-order valence-corrected chi connectivity index (χ1v) is 7.16. The van der Waals surface area contributed by atoms with Crippen molar-refractivity contribution in [2.75, 3.05) is 13.1 Å². The van der Waals surface area contributed by atoms with Crippen LogP contribution in [0.4, 0.5) is 0 Å². The number of hydrogen-bond acceptors (Lipinski definition) is 2. The van der Waals surface area contributed by atoms with Gasteiger partial charge in [0.25, 0.3) is 0 Å². The summed E-state index contributed by atoms with van der Waals surface area (Å²) in [6.07, 6.45) is 6.57. The van der Waals surface area contributed by atoms with Gasteiger partial charge in [-0.1, -0.05) is 33.1 Å². The summed E-state index contributed by atoms with van der Waals surface area (Å²) in [5, 5.41) is 6.54. The highest BCUT2D eigenvalue weighted by Gasteiger charge is 2.40. The molecule has 1 rings (SSSR count). The molecule has 3 heteroatoms. The summed E-state index contributed by atoms with van der Waals surface area (Å²) in [7, 11) is 0. The van der Waals surface area contributed by atoms with Crippen molar-refractivity contribution in [1.29, 1.82) is 0 Å². The Labute approximate surface area is 106 Å². The van der Waals surface area contributed by atoms with Crippen molar-refractivity contribution in [1.82, 2.24) is 10.6 Å². The van der Waals surface area contributed by atoms with Crippen LogP contribution in [-0.4, -0.2) is 25.0 Å². The minimum atomic E-state index is -0.130. The van der Waals surface area contributed by atoms with Gasteiger partial charge in [-0.05, 0) is 32.7 Å². The van der Waals surface area contributed by atoms with Gasteiger partial charge in [0.2, 0.25) is 5.91 Å². The minimum Gasteiger partial charge on any atom is -0.353 e. The number of nitrogens with one attached hydrogen (secondary N) is 2. The third-order valence-electron chi connectivity index (χ3n) is 3.82. The Bertz CT molecular complexity index is 234. The molecule has 17 heavy (non-hydrogen) atoms. The number of amides is 1. The second kappa shape index (κ2) is 7.00. The molecule has 0 radical (unpaired) electrons. The standard InChI is InChI=1S/C14H28N2O/c1-4-6-7-12(3)16-13(17)14(8-5-2)9-10-15-11-14/h12,15H,4-11H2,1-3H3,(H,16,17). The average Bonchev–Trinajstić information content (AvgIpc) is 2.76. The monoisotopic (exact) mass is 240 g/mol. The maximum atomic E-state index is 12.4. The smallest absolute Gasteiger partial charge is 0.227 e. The summed E-state index contributed by atoms with van der Waals surface area (Å²) in [6, 6.07) is 0.316. The molecule has 3 nitrogen and oxygen atoms in total. The van der Waals surface area contributed by atoms with Crippen LogP contribution in [0, 0.1) is 5.41 Å². The lowest BCUT2D eigenvalue weighted by atomic mass is 9.81. The third-order valence-corrected chi connectivity index (χ3v) is 3.82. The van der Waals surface area contributed by atoms with Crippen molar-refractivity contribution in [3.8, 4) is 0 Å². The molecule has 2 N–H and O–H groups in total. The van der Waals surface area contributed by atoms with E-state index in [4.69, 9.17) is 0 Å². The summed E-state index contributed by atoms with van der Waals surface area (Å²) in [5.41, 5.74) is -0.130. The maximum Gasteiger partial charge on any atom is 0.227 e. The van der Waals surface area contributed by atoms with Gasteiger partial charge < -0.3 is 10.6 Å². The van der Waals surface area contributed by atoms with Crippen LogP contribution >= 0.6 is 0 Å². The Morgan fingerprint density at radius 1 is 1.41 bits per heavy atom. The third kappa shape index (κ3) is 3.98. The van der Waals surface area contributed by atoms with Gasteiger partial charge in [-0.25, -0.2) is 0 Å². The minimum absolute atomic E-state index is 0.130. The van der Waals surface area contributed by atoms with Crippen LogP contribution in [0.2, 0.25) is 0 Å². The van der Waals surface area contributed by atoms with Gasteiger partial charge in [-0.15, -0.1) is 0 Å². The van der Waals surface area contributed by atoms with E-state index in [0.29, 0.717) is 6.04 Å². The normalized spacial score (nSPS) is 25.8. The Morgan fingerprint density at radius 2 is 2.18 bits per heavy atom. The van der Waals surface area contributed by atoms with E-state index >= 15 is 0 Å². The average molecular weight is 240 g/mol. The first kappa shape index (κ1) is 14.5. The van der Waals surface area contributed by atoms with E-state index in [1.807, 2.05) is 0 Å². The van der Waals surface area contributed by atoms with E-state index in [1.165, 1.54) is 12.8 Å². The van der Waals surface area contributed by atoms with Gasteiger partial charge in [0.1, 0.15) is 0 Å². The zero-order valence-corrected chi connectivity index (χ0v) is 11.6. The van der Waals surface area contributed by atoms with E-state index in [0.717, 1.165) is 38.8 Å². The summed E-state index contributed by atoms with van der Waals surface area (Å²) in [4.78, 5) is 12.4. The highest BCUT2D eigenvalue weighted by atomic mass is 16.2. The molecule has 0 aromatic rings. The van der Waals surface area contributed by atoms with Crippen molar-refractivity contribution in [3.63, 3.8) is 0 Å². The van der Waals surface area contributed by atoms with Gasteiger partial charge in [0.05, 0.1) is 5.41 Å². The van der Waals surface area contributed by atoms with Crippen molar-refractivity contribution in [2.45, 2.75) is 65.3 Å². The van der Waals surface area contributed by atoms with Gasteiger partial charge in [-0.2, -0.15) is 0 Å². The second-order valence-corrected chi connectivity index (χ2v) is 5.47. The molecule has 0 saturated carbocycles. The molecule has 1 amide bonds. The highest BCUT2D eigenvalue weighted by Crippen LogP contribution is 2.31. The fraction of sp³-hybridized carbons (Fsp3) is 0.929. The molecule has 0 aromatic heterocycles. The molecule has 0 aromatic carbocycles. The number of unbranched alkanes of at least 4 members (excludes halogenated alkanes) is 1. The molecule has 2 unspecified atom stereocenters. The largest absolute Gasteiger partial charge is 0.353 e. The number of hydrogen-bond donors (Lipinski definition) is 2. The molecule has 2 atom stereocenters. The molecule has 1 fully saturated rings. The van der Waals surface area contributed by atoms with Crippen LogP contribution in [0.25, 0.3) is 0 Å². The van der Waals surface area contributed by atoms with Gasteiger partial charge in [0.15, 0.2) is 0 Å². The summed E-state index contributed by atoms with van der Waals surface area (Å²) in [6.45, 7) is 8.31. The van der Waals surface area contributed by atoms with Crippen LogP contribution in [-0.2, 0) is 4.79 Å². The topological polar surface area (TPSA) is 41.1 Å². The zero-order chi connectivity index (χ0) is 12.7. The predicted octanol–water partition coefficient (Wildman–Crippen LogP) is 2.46. The van der Waals surface area contributed by atoms with Gasteiger partial charge in [-0.3, -0.25) is 4.79 Å². The van der Waals surface area contributed by atoms with Crippen molar-refractivity contribution < 1.29 is 4.79 Å². The van der Waals surface area contributed by atoms with E-state index in [9.17, 15) is 4.79 Å². The van der Waals surface area contributed by atoms with Crippen molar-refractivity contribution in [3.05, 3.63) is 0 Å². The first-order valence-electron chi connectivity index (χ1n) is 7.16. The Hall–Kier alpha value is -0.570. The molecular weight excluding hydrogens is 212 g/mol. The van der Waals surface area contributed by atoms with Crippen molar-refractivity contribution in [2.24, 2.45) is 5.41 Å². The van der Waals surface area contributed by atoms with Crippen LogP contribution in [0.1, 0.15) is 59.3 Å². The Morgan fingerprint density at radius 3 is 2.71 bits per heavy atom. The fourth-order valence-corrected chi connectivity index (χ4v) is 2.70. The molecule has 100 valence electrons. The van der Waals surface area contributed by atoms with Gasteiger partial charge in [0, 0.05) is 12.6 Å². The molecule has 1 aliphatic heterocycles. The SMILES string of the molecule is CCCCC(C)NC(=O)C1(CCC)CCNC1. The highest BCUT2D eigenvalue weighted by molar-refractivity contribution is 5.83. The lowest BCUT2D eigenvalue weighted by Gasteiger charge is -2.28. The fourth-order valence-electron chi connectivity index (χ4n) is 2.70. The lowest BCUT2D eigenvalue weighted by molar-refractivity contribution is -0.131. The molecule has 0 aliphatic carbocycles. The van der Waals surface area contributed by atoms with Crippen LogP contribution in [0.3, 0.4) is 0 Å². The van der Waals surface area contributed by atoms with Gasteiger partial charge >= 0.3 is 0 Å². The summed E-state index contributed by atoms with van der Waals surface area (Å²) < 4.78 is 0. The quantitative estimate of drug-likeness (QED) is 0.718. The molecule has 1 heterocycles.